The molecule has 3 aromatic rings. The first-order valence-corrected chi connectivity index (χ1v) is 8.44. The first kappa shape index (κ1) is 15.5. The van der Waals surface area contributed by atoms with E-state index in [1.54, 1.807) is 18.2 Å². The summed E-state index contributed by atoms with van der Waals surface area (Å²) in [7, 11) is -3.73. The third-order valence-electron chi connectivity index (χ3n) is 3.29. The summed E-state index contributed by atoms with van der Waals surface area (Å²) in [6.07, 6.45) is 1.48. The van der Waals surface area contributed by atoms with Crippen LogP contribution in [0.5, 0.6) is 5.88 Å². The summed E-state index contributed by atoms with van der Waals surface area (Å²) >= 11 is 5.97. The molecule has 0 fully saturated rings. The van der Waals surface area contributed by atoms with Crippen molar-refractivity contribution in [2.75, 3.05) is 0 Å². The second-order valence-corrected chi connectivity index (χ2v) is 6.87. The second kappa shape index (κ2) is 5.69. The van der Waals surface area contributed by atoms with Crippen molar-refractivity contribution < 1.29 is 13.5 Å². The Morgan fingerprint density at radius 1 is 1.17 bits per heavy atom. The predicted molar refractivity (Wildman–Crippen MR) is 90.0 cm³/mol. The van der Waals surface area contributed by atoms with Crippen LogP contribution in [0.25, 0.3) is 10.9 Å². The summed E-state index contributed by atoms with van der Waals surface area (Å²) in [6, 6.07) is 11.0. The first-order valence-electron chi connectivity index (χ1n) is 6.52. The Bertz CT molecular complexity index is 1010. The molecule has 0 atom stereocenters. The lowest BCUT2D eigenvalue weighted by molar-refractivity contribution is 0.457. The molecule has 4 N–H and O–H groups in total. The molecule has 0 spiro atoms. The molecule has 0 aliphatic carbocycles. The molecule has 0 aliphatic rings. The average molecular weight is 350 g/mol. The number of nitrogens with two attached hydrogens (primary N) is 1. The summed E-state index contributed by atoms with van der Waals surface area (Å²) < 4.78 is 22.4. The molecular weight excluding hydrogens is 338 g/mol. The third kappa shape index (κ3) is 3.21. The number of benzene rings is 2. The number of aromatic nitrogens is 1. The fourth-order valence-electron chi connectivity index (χ4n) is 2.16. The zero-order valence-electron chi connectivity index (χ0n) is 11.7. The van der Waals surface area contributed by atoms with E-state index in [1.165, 1.54) is 30.5 Å². The zero-order valence-corrected chi connectivity index (χ0v) is 13.3. The van der Waals surface area contributed by atoms with E-state index in [-0.39, 0.29) is 10.8 Å². The van der Waals surface area contributed by atoms with Gasteiger partial charge in [0.15, 0.2) is 5.88 Å². The number of nitrogens with zero attached hydrogens (tertiary/aromatic N) is 1. The Morgan fingerprint density at radius 3 is 2.52 bits per heavy atom. The Kier molecular flexibility index (Phi) is 3.85. The molecule has 0 aliphatic heterocycles. The molecule has 0 saturated carbocycles. The lowest BCUT2D eigenvalue weighted by Gasteiger charge is -1.98. The molecule has 23 heavy (non-hydrogen) atoms. The molecule has 2 aromatic carbocycles. The lowest BCUT2D eigenvalue weighted by Crippen LogP contribution is -2.11. The molecule has 0 bridgehead atoms. The number of rotatable bonds is 3. The monoisotopic (exact) mass is 349 g/mol. The summed E-state index contributed by atoms with van der Waals surface area (Å²) in [6.45, 7) is 0. The van der Waals surface area contributed by atoms with E-state index < -0.39 is 10.0 Å². The molecule has 0 unspecified atom stereocenters. The van der Waals surface area contributed by atoms with E-state index in [2.05, 4.69) is 9.98 Å². The number of H-pyrrole nitrogens is 1. The van der Waals surface area contributed by atoms with Crippen LogP contribution in [-0.4, -0.2) is 24.7 Å². The highest BCUT2D eigenvalue weighted by Crippen LogP contribution is 2.28. The van der Waals surface area contributed by atoms with E-state index in [0.717, 1.165) is 10.9 Å². The van der Waals surface area contributed by atoms with Crippen LogP contribution in [0.1, 0.15) is 5.56 Å². The van der Waals surface area contributed by atoms with Gasteiger partial charge in [-0.15, -0.1) is 0 Å². The topological polar surface area (TPSA) is 109 Å². The molecule has 118 valence electrons. The molecule has 6 nitrogen and oxygen atoms in total. The minimum absolute atomic E-state index is 0.0122. The minimum atomic E-state index is -3.73. The molecule has 1 aromatic heterocycles. The van der Waals surface area contributed by atoms with E-state index in [4.69, 9.17) is 16.7 Å². The van der Waals surface area contributed by atoms with Crippen LogP contribution < -0.4 is 5.14 Å². The summed E-state index contributed by atoms with van der Waals surface area (Å²) in [5.41, 5.74) is 1.75. The molecule has 0 radical (unpaired) electrons. The summed E-state index contributed by atoms with van der Waals surface area (Å²) in [5.74, 6) is -0.0211. The average Bonchev–Trinajstić information content (AvgIpc) is 2.79. The minimum Gasteiger partial charge on any atom is -0.494 e. The van der Waals surface area contributed by atoms with Crippen LogP contribution in [0.3, 0.4) is 0 Å². The van der Waals surface area contributed by atoms with E-state index in [0.29, 0.717) is 16.3 Å². The quantitative estimate of drug-likeness (QED) is 0.632. The number of hydrogen-bond acceptors (Lipinski definition) is 4. The van der Waals surface area contributed by atoms with Crippen molar-refractivity contribution in [1.82, 2.24) is 4.98 Å². The first-order chi connectivity index (χ1) is 10.8. The van der Waals surface area contributed by atoms with Gasteiger partial charge in [0.2, 0.25) is 10.0 Å². The van der Waals surface area contributed by atoms with Gasteiger partial charge in [0, 0.05) is 22.1 Å². The third-order valence-corrected chi connectivity index (χ3v) is 4.45. The largest absolute Gasteiger partial charge is 0.494 e. The molecule has 8 heteroatoms. The van der Waals surface area contributed by atoms with Crippen LogP contribution in [0, 0.1) is 0 Å². The maximum Gasteiger partial charge on any atom is 0.238 e. The molecule has 1 heterocycles. The highest BCUT2D eigenvalue weighted by Gasteiger charge is 2.10. The van der Waals surface area contributed by atoms with Gasteiger partial charge < -0.3 is 10.1 Å². The van der Waals surface area contributed by atoms with Crippen LogP contribution in [0.15, 0.2) is 52.4 Å². The fourth-order valence-corrected chi connectivity index (χ4v) is 2.85. The molecule has 3 rings (SSSR count). The number of primary sulfonamides is 1. The second-order valence-electron chi connectivity index (χ2n) is 4.87. The van der Waals surface area contributed by atoms with E-state index >= 15 is 0 Å². The van der Waals surface area contributed by atoms with Crippen molar-refractivity contribution >= 4 is 44.4 Å². The van der Waals surface area contributed by atoms with E-state index in [9.17, 15) is 13.5 Å². The van der Waals surface area contributed by atoms with Crippen molar-refractivity contribution in [3.8, 4) is 5.88 Å². The van der Waals surface area contributed by atoms with Crippen molar-refractivity contribution in [3.63, 3.8) is 0 Å². The number of aromatic amines is 1. The number of halogens is 1. The van der Waals surface area contributed by atoms with Crippen LogP contribution in [0.2, 0.25) is 5.02 Å². The van der Waals surface area contributed by atoms with Gasteiger partial charge in [-0.3, -0.25) is 4.99 Å². The Morgan fingerprint density at radius 2 is 1.87 bits per heavy atom. The van der Waals surface area contributed by atoms with Gasteiger partial charge in [-0.25, -0.2) is 13.6 Å². The fraction of sp³-hybridized carbons (Fsp3) is 0. The molecular formula is C15H12ClN3O3S. The molecule has 0 amide bonds. The van der Waals surface area contributed by atoms with Gasteiger partial charge in [0.05, 0.1) is 16.1 Å². The zero-order chi connectivity index (χ0) is 16.6. The number of nitrogens with one attached hydrogen (secondary N) is 1. The maximum atomic E-state index is 11.2. The smallest absolute Gasteiger partial charge is 0.238 e. The highest BCUT2D eigenvalue weighted by atomic mass is 35.5. The summed E-state index contributed by atoms with van der Waals surface area (Å²) in [4.78, 5) is 7.07. The predicted octanol–water partition coefficient (Wildman–Crippen LogP) is 2.92. The molecule has 0 saturated heterocycles. The van der Waals surface area contributed by atoms with Crippen LogP contribution in [-0.2, 0) is 10.0 Å². The number of aliphatic imine (C=N–C) groups is 1. The Balaban J connectivity index is 1.97. The van der Waals surface area contributed by atoms with Crippen molar-refractivity contribution in [1.29, 1.82) is 0 Å². The summed E-state index contributed by atoms with van der Waals surface area (Å²) in [5, 5.41) is 16.3. The van der Waals surface area contributed by atoms with E-state index in [1.807, 2.05) is 0 Å². The van der Waals surface area contributed by atoms with Crippen LogP contribution >= 0.6 is 11.6 Å². The number of fused-ring (bicyclic) bond motifs is 1. The number of sulfonamides is 1. The Hall–Kier alpha value is -2.35. The van der Waals surface area contributed by atoms with Crippen molar-refractivity contribution in [2.24, 2.45) is 10.1 Å². The van der Waals surface area contributed by atoms with Crippen molar-refractivity contribution in [3.05, 3.63) is 53.1 Å². The lowest BCUT2D eigenvalue weighted by atomic mass is 10.2. The van der Waals surface area contributed by atoms with Gasteiger partial charge in [-0.2, -0.15) is 0 Å². The van der Waals surface area contributed by atoms with Gasteiger partial charge >= 0.3 is 0 Å². The Labute approximate surface area is 137 Å². The standard InChI is InChI=1S/C15H12ClN3O3S/c16-9-1-6-14-12(7-9)13(15(20)19-14)8-18-10-2-4-11(5-3-10)23(17,21)22/h1-8,19-20H,(H2,17,21,22). The van der Waals surface area contributed by atoms with Gasteiger partial charge in [-0.05, 0) is 42.5 Å². The highest BCUT2D eigenvalue weighted by molar-refractivity contribution is 7.89. The van der Waals surface area contributed by atoms with Crippen LogP contribution in [0.4, 0.5) is 5.69 Å². The van der Waals surface area contributed by atoms with Gasteiger partial charge in [0.25, 0.3) is 0 Å². The van der Waals surface area contributed by atoms with Gasteiger partial charge in [-0.1, -0.05) is 11.6 Å². The normalized spacial score (nSPS) is 12.3. The number of aromatic hydroxyl groups is 1. The number of hydrogen-bond donors (Lipinski definition) is 3. The van der Waals surface area contributed by atoms with Gasteiger partial charge in [0.1, 0.15) is 0 Å². The maximum absolute atomic E-state index is 11.2. The SMILES string of the molecule is NS(=O)(=O)c1ccc(N=Cc2c(O)[nH]c3ccc(Cl)cc23)cc1. The van der Waals surface area contributed by atoms with Crippen molar-refractivity contribution in [2.45, 2.75) is 4.90 Å².